The van der Waals surface area contributed by atoms with Gasteiger partial charge in [0.15, 0.2) is 5.78 Å². The van der Waals surface area contributed by atoms with Crippen LogP contribution in [0.2, 0.25) is 0 Å². The molecule has 0 fully saturated rings. The summed E-state index contributed by atoms with van der Waals surface area (Å²) in [6, 6.07) is 33.8. The van der Waals surface area contributed by atoms with Crippen molar-refractivity contribution in [3.05, 3.63) is 126 Å². The van der Waals surface area contributed by atoms with Crippen molar-refractivity contribution < 1.29 is 30.0 Å². The molecule has 235 valence electrons. The van der Waals surface area contributed by atoms with Crippen LogP contribution >= 0.6 is 0 Å². The Morgan fingerprint density at radius 1 is 0.867 bits per heavy atom. The quantitative estimate of drug-likeness (QED) is 0.0922. The molecule has 0 aliphatic heterocycles. The molecule has 1 unspecified atom stereocenters. The van der Waals surface area contributed by atoms with Gasteiger partial charge in [-0.2, -0.15) is 0 Å². The van der Waals surface area contributed by atoms with Gasteiger partial charge in [0.2, 0.25) is 0 Å². The van der Waals surface area contributed by atoms with Crippen molar-refractivity contribution in [2.45, 2.75) is 72.1 Å². The second kappa shape index (κ2) is 16.1. The average Bonchev–Trinajstić information content (AvgIpc) is 3.51. The van der Waals surface area contributed by atoms with Crippen LogP contribution in [0, 0.1) is 17.9 Å². The van der Waals surface area contributed by atoms with Crippen molar-refractivity contribution >= 4 is 27.3 Å². The van der Waals surface area contributed by atoms with Crippen molar-refractivity contribution in [3.63, 3.8) is 0 Å². The summed E-state index contributed by atoms with van der Waals surface area (Å²) in [5.74, 6) is 1.05. The van der Waals surface area contributed by atoms with Crippen LogP contribution in [0.3, 0.4) is 0 Å². The van der Waals surface area contributed by atoms with Crippen LogP contribution in [0.25, 0.3) is 32.8 Å². The molecule has 1 aliphatic carbocycles. The monoisotopic (exact) mass is 775 g/mol. The van der Waals surface area contributed by atoms with E-state index in [9.17, 15) is 9.90 Å². The summed E-state index contributed by atoms with van der Waals surface area (Å²) in [5, 5.41) is 14.7. The minimum Gasteiger partial charge on any atom is -0.512 e. The first kappa shape index (κ1) is 34.3. The summed E-state index contributed by atoms with van der Waals surface area (Å²) in [6.07, 6.45) is 9.18. The predicted molar refractivity (Wildman–Crippen MR) is 184 cm³/mol. The van der Waals surface area contributed by atoms with Gasteiger partial charge in [-0.1, -0.05) is 117 Å². The molecule has 0 bridgehead atoms. The number of hydrogen-bond acceptors (Lipinski definition) is 3. The normalized spacial score (nSPS) is 14.3. The smallest absolute Gasteiger partial charge is 0.162 e. The SMILES string of the molecule is CCC(CC)C(=O)/C=C(\O)C(CC)CC.[Ir].[c-]1ccc2c3c(ccc2c1-c1cc2ccccc2cn1)C(c1ccccc1)CC3. The van der Waals surface area contributed by atoms with Crippen LogP contribution in [0.15, 0.2) is 103 Å². The topological polar surface area (TPSA) is 50.2 Å². The largest absolute Gasteiger partial charge is 0.512 e. The summed E-state index contributed by atoms with van der Waals surface area (Å²) < 4.78 is 0. The fourth-order valence-corrected chi connectivity index (χ4v) is 6.67. The van der Waals surface area contributed by atoms with E-state index in [1.807, 2.05) is 33.9 Å². The van der Waals surface area contributed by atoms with E-state index in [1.165, 1.54) is 50.7 Å². The maximum atomic E-state index is 11.7. The van der Waals surface area contributed by atoms with E-state index >= 15 is 0 Å². The van der Waals surface area contributed by atoms with Crippen LogP contribution in [0.4, 0.5) is 0 Å². The van der Waals surface area contributed by atoms with Gasteiger partial charge in [-0.15, -0.1) is 23.8 Å². The molecule has 0 saturated heterocycles. The van der Waals surface area contributed by atoms with Gasteiger partial charge in [0, 0.05) is 50.1 Å². The number of hydrogen-bond donors (Lipinski definition) is 1. The van der Waals surface area contributed by atoms with Gasteiger partial charge in [-0.25, -0.2) is 0 Å². The Labute approximate surface area is 282 Å². The summed E-state index contributed by atoms with van der Waals surface area (Å²) in [5.41, 5.74) is 6.48. The molecule has 1 aliphatic rings. The van der Waals surface area contributed by atoms with E-state index in [4.69, 9.17) is 4.98 Å². The van der Waals surface area contributed by atoms with Crippen LogP contribution in [-0.4, -0.2) is 15.9 Å². The van der Waals surface area contributed by atoms with Crippen LogP contribution in [0.1, 0.15) is 82.4 Å². The van der Waals surface area contributed by atoms with Gasteiger partial charge in [0.05, 0.1) is 5.76 Å². The number of aliphatic hydroxyl groups is 1. The molecule has 1 heterocycles. The third-order valence-electron chi connectivity index (χ3n) is 9.37. The number of aromatic nitrogens is 1. The Hall–Kier alpha value is -3.59. The molecule has 0 saturated carbocycles. The second-order valence-electron chi connectivity index (χ2n) is 11.9. The van der Waals surface area contributed by atoms with Gasteiger partial charge in [-0.05, 0) is 66.1 Å². The molecule has 1 aromatic heterocycles. The summed E-state index contributed by atoms with van der Waals surface area (Å²) in [4.78, 5) is 16.5. The number of carbonyl (C=O) groups excluding carboxylic acids is 1. The Morgan fingerprint density at radius 2 is 1.53 bits per heavy atom. The van der Waals surface area contributed by atoms with Crippen LogP contribution in [-0.2, 0) is 31.3 Å². The number of carbonyl (C=O) groups is 1. The third kappa shape index (κ3) is 7.63. The first-order valence-electron chi connectivity index (χ1n) is 16.3. The standard InChI is InChI=1S/C28H20N.C13H24O2.Ir/c1-2-7-19(8-3-1)22-13-14-25-23-11-6-12-27(26(23)16-15-24(22)25)28-17-20-9-4-5-10-21(20)18-29-28;1-5-10(6-2)12(14)9-13(15)11(7-3)8-4;/h1-11,15-18,22H,13-14H2;9-11,14H,5-8H2,1-4H3;/q-1;;/b;12-9-;. The Kier molecular flexibility index (Phi) is 12.3. The van der Waals surface area contributed by atoms with Gasteiger partial charge >= 0.3 is 0 Å². The second-order valence-corrected chi connectivity index (χ2v) is 11.9. The molecule has 45 heavy (non-hydrogen) atoms. The van der Waals surface area contributed by atoms with Gasteiger partial charge in [0.25, 0.3) is 0 Å². The molecule has 3 nitrogen and oxygen atoms in total. The molecule has 5 aromatic rings. The van der Waals surface area contributed by atoms with Crippen molar-refractivity contribution in [2.24, 2.45) is 11.8 Å². The van der Waals surface area contributed by atoms with Crippen molar-refractivity contribution in [3.8, 4) is 11.3 Å². The number of nitrogens with zero attached hydrogens (tertiary/aromatic N) is 1. The van der Waals surface area contributed by atoms with Crippen molar-refractivity contribution in [1.29, 1.82) is 0 Å². The minimum atomic E-state index is 0. The number of benzene rings is 4. The first-order chi connectivity index (χ1) is 21.5. The predicted octanol–water partition coefficient (Wildman–Crippen LogP) is 10.8. The van der Waals surface area contributed by atoms with E-state index in [2.05, 4.69) is 91.0 Å². The Balaban J connectivity index is 0.000000249. The molecular formula is C41H44IrNO2-. The molecule has 6 rings (SSSR count). The third-order valence-corrected chi connectivity index (χ3v) is 9.37. The van der Waals surface area contributed by atoms with Gasteiger partial charge in [-0.3, -0.25) is 4.79 Å². The van der Waals surface area contributed by atoms with Crippen LogP contribution < -0.4 is 0 Å². The molecular weight excluding hydrogens is 731 g/mol. The molecule has 1 N–H and O–H groups in total. The van der Waals surface area contributed by atoms with E-state index in [1.54, 1.807) is 0 Å². The summed E-state index contributed by atoms with van der Waals surface area (Å²) in [7, 11) is 0. The first-order valence-corrected chi connectivity index (χ1v) is 16.3. The maximum absolute atomic E-state index is 11.7. The molecule has 4 aromatic carbocycles. The number of fused-ring (bicyclic) bond motifs is 4. The van der Waals surface area contributed by atoms with Crippen molar-refractivity contribution in [2.75, 3.05) is 0 Å². The van der Waals surface area contributed by atoms with E-state index in [0.717, 1.165) is 43.4 Å². The average molecular weight is 775 g/mol. The summed E-state index contributed by atoms with van der Waals surface area (Å²) >= 11 is 0. The zero-order chi connectivity index (χ0) is 31.1. The van der Waals surface area contributed by atoms with Gasteiger partial charge < -0.3 is 10.1 Å². The fourth-order valence-electron chi connectivity index (χ4n) is 6.67. The number of rotatable bonds is 9. The van der Waals surface area contributed by atoms with Gasteiger partial charge in [0.1, 0.15) is 0 Å². The molecule has 0 spiro atoms. The number of pyridine rings is 1. The van der Waals surface area contributed by atoms with E-state index in [-0.39, 0.29) is 43.5 Å². The molecule has 1 radical (unpaired) electrons. The van der Waals surface area contributed by atoms with Crippen LogP contribution in [0.5, 0.6) is 0 Å². The van der Waals surface area contributed by atoms with E-state index in [0.29, 0.717) is 5.92 Å². The maximum Gasteiger partial charge on any atom is 0.162 e. The van der Waals surface area contributed by atoms with E-state index < -0.39 is 0 Å². The molecule has 4 heteroatoms. The number of ketones is 1. The number of allylic oxidation sites excluding steroid dienone is 2. The zero-order valence-corrected chi connectivity index (χ0v) is 29.2. The Bertz CT molecular complexity index is 1750. The fraction of sp³-hybridized carbons (Fsp3) is 0.317. The minimum absolute atomic E-state index is 0. The number of aryl methyl sites for hydroxylation is 1. The zero-order valence-electron chi connectivity index (χ0n) is 26.8. The molecule has 0 amide bonds. The Morgan fingerprint density at radius 3 is 2.22 bits per heavy atom. The molecule has 1 atom stereocenters. The summed E-state index contributed by atoms with van der Waals surface area (Å²) in [6.45, 7) is 8.07. The van der Waals surface area contributed by atoms with Crippen molar-refractivity contribution in [1.82, 2.24) is 4.98 Å². The number of aliphatic hydroxyl groups excluding tert-OH is 1.